The van der Waals surface area contributed by atoms with Gasteiger partial charge in [-0.3, -0.25) is 0 Å². The van der Waals surface area contributed by atoms with E-state index in [2.05, 4.69) is 51.3 Å². The molecule has 1 aromatic rings. The van der Waals surface area contributed by atoms with Crippen molar-refractivity contribution in [2.45, 2.75) is 39.7 Å². The highest BCUT2D eigenvalue weighted by Gasteiger charge is 2.38. The monoisotopic (exact) mass is 217 g/mol. The lowest BCUT2D eigenvalue weighted by Crippen LogP contribution is -2.30. The minimum absolute atomic E-state index is 0.662. The van der Waals surface area contributed by atoms with Crippen LogP contribution in [0.15, 0.2) is 18.2 Å². The highest BCUT2D eigenvalue weighted by atomic mass is 14.9. The lowest BCUT2D eigenvalue weighted by Gasteiger charge is -2.19. The largest absolute Gasteiger partial charge is 0.316 e. The Morgan fingerprint density at radius 2 is 1.88 bits per heavy atom. The molecule has 0 aliphatic heterocycles. The quantitative estimate of drug-likeness (QED) is 0.817. The van der Waals surface area contributed by atoms with Crippen LogP contribution in [-0.2, 0) is 6.42 Å². The highest BCUT2D eigenvalue weighted by molar-refractivity contribution is 5.34. The molecule has 1 fully saturated rings. The van der Waals surface area contributed by atoms with Gasteiger partial charge in [-0.1, -0.05) is 25.1 Å². The van der Waals surface area contributed by atoms with Gasteiger partial charge in [-0.15, -0.1) is 0 Å². The molecule has 3 unspecified atom stereocenters. The van der Waals surface area contributed by atoms with Crippen molar-refractivity contribution >= 4 is 0 Å². The van der Waals surface area contributed by atoms with Gasteiger partial charge in [-0.05, 0) is 62.3 Å². The molecule has 1 aliphatic carbocycles. The molecule has 0 saturated heterocycles. The smallest absolute Gasteiger partial charge is 0.0136 e. The lowest BCUT2D eigenvalue weighted by atomic mass is 9.94. The predicted octanol–water partition coefficient (Wildman–Crippen LogP) is 3.09. The van der Waals surface area contributed by atoms with Crippen molar-refractivity contribution in [3.8, 4) is 0 Å². The van der Waals surface area contributed by atoms with Gasteiger partial charge in [0, 0.05) is 6.04 Å². The molecule has 0 amide bonds. The number of hydrogen-bond donors (Lipinski definition) is 1. The van der Waals surface area contributed by atoms with Crippen LogP contribution in [0, 0.1) is 25.7 Å². The summed E-state index contributed by atoms with van der Waals surface area (Å²) in [6.07, 6.45) is 2.58. The SMILES string of the molecule is CNC(Cc1c(C)cccc1C)C1CC1C. The molecule has 0 bridgehead atoms. The maximum Gasteiger partial charge on any atom is 0.0136 e. The van der Waals surface area contributed by atoms with Gasteiger partial charge >= 0.3 is 0 Å². The van der Waals surface area contributed by atoms with Crippen molar-refractivity contribution in [2.75, 3.05) is 7.05 Å². The average molecular weight is 217 g/mol. The standard InChI is InChI=1S/C15H23N/c1-10-6-5-7-11(2)13(10)9-15(16-4)14-8-12(14)3/h5-7,12,14-16H,8-9H2,1-4H3. The second kappa shape index (κ2) is 4.58. The first-order chi connectivity index (χ1) is 7.63. The molecule has 1 N–H and O–H groups in total. The van der Waals surface area contributed by atoms with Crippen LogP contribution in [0.25, 0.3) is 0 Å². The summed E-state index contributed by atoms with van der Waals surface area (Å²) in [6, 6.07) is 7.27. The number of rotatable bonds is 4. The van der Waals surface area contributed by atoms with E-state index in [1.165, 1.54) is 24.0 Å². The van der Waals surface area contributed by atoms with Crippen LogP contribution in [0.2, 0.25) is 0 Å². The fraction of sp³-hybridized carbons (Fsp3) is 0.600. The molecule has 0 spiro atoms. The summed E-state index contributed by atoms with van der Waals surface area (Å²) < 4.78 is 0. The molecule has 0 radical (unpaired) electrons. The molecule has 1 heteroatoms. The Morgan fingerprint density at radius 1 is 1.31 bits per heavy atom. The molecule has 1 aliphatic rings. The summed E-state index contributed by atoms with van der Waals surface area (Å²) in [5.41, 5.74) is 4.42. The lowest BCUT2D eigenvalue weighted by molar-refractivity contribution is 0.478. The van der Waals surface area contributed by atoms with Crippen LogP contribution in [0.4, 0.5) is 0 Å². The molecular weight excluding hydrogens is 194 g/mol. The minimum Gasteiger partial charge on any atom is -0.316 e. The zero-order valence-electron chi connectivity index (χ0n) is 10.9. The summed E-state index contributed by atoms with van der Waals surface area (Å²) in [4.78, 5) is 0. The van der Waals surface area contributed by atoms with E-state index < -0.39 is 0 Å². The molecule has 88 valence electrons. The molecular formula is C15H23N. The van der Waals surface area contributed by atoms with Crippen LogP contribution in [0.1, 0.15) is 30.0 Å². The van der Waals surface area contributed by atoms with Gasteiger partial charge < -0.3 is 5.32 Å². The van der Waals surface area contributed by atoms with Gasteiger partial charge in [-0.2, -0.15) is 0 Å². The Hall–Kier alpha value is -0.820. The van der Waals surface area contributed by atoms with Gasteiger partial charge in [0.1, 0.15) is 0 Å². The zero-order chi connectivity index (χ0) is 11.7. The van der Waals surface area contributed by atoms with E-state index in [4.69, 9.17) is 0 Å². The maximum atomic E-state index is 3.50. The second-order valence-corrected chi connectivity index (χ2v) is 5.35. The molecule has 2 rings (SSSR count). The first-order valence-corrected chi connectivity index (χ1v) is 6.36. The van der Waals surface area contributed by atoms with Gasteiger partial charge in [-0.25, -0.2) is 0 Å². The van der Waals surface area contributed by atoms with Crippen molar-refractivity contribution in [3.05, 3.63) is 34.9 Å². The molecule has 0 aromatic heterocycles. The first-order valence-electron chi connectivity index (χ1n) is 6.36. The normalized spacial score (nSPS) is 25.5. The fourth-order valence-corrected chi connectivity index (χ4v) is 2.77. The van der Waals surface area contributed by atoms with Crippen LogP contribution in [0.3, 0.4) is 0 Å². The molecule has 3 atom stereocenters. The highest BCUT2D eigenvalue weighted by Crippen LogP contribution is 2.41. The third kappa shape index (κ3) is 2.30. The average Bonchev–Trinajstić information content (AvgIpc) is 2.95. The number of benzene rings is 1. The van der Waals surface area contributed by atoms with E-state index in [-0.39, 0.29) is 0 Å². The maximum absolute atomic E-state index is 3.50. The molecule has 1 aromatic carbocycles. The van der Waals surface area contributed by atoms with E-state index in [0.717, 1.165) is 11.8 Å². The van der Waals surface area contributed by atoms with Crippen molar-refractivity contribution in [1.29, 1.82) is 0 Å². The topological polar surface area (TPSA) is 12.0 Å². The van der Waals surface area contributed by atoms with Gasteiger partial charge in [0.2, 0.25) is 0 Å². The molecule has 16 heavy (non-hydrogen) atoms. The van der Waals surface area contributed by atoms with Crippen LogP contribution < -0.4 is 5.32 Å². The third-order valence-electron chi connectivity index (χ3n) is 4.13. The number of nitrogens with one attached hydrogen (secondary N) is 1. The summed E-state index contributed by atoms with van der Waals surface area (Å²) in [6.45, 7) is 6.82. The Kier molecular flexibility index (Phi) is 3.34. The Labute approximate surface area is 99.3 Å². The number of likely N-dealkylation sites (N-methyl/N-ethyl adjacent to an activating group) is 1. The number of aryl methyl sites for hydroxylation is 2. The van der Waals surface area contributed by atoms with E-state index in [9.17, 15) is 0 Å². The molecule has 1 saturated carbocycles. The second-order valence-electron chi connectivity index (χ2n) is 5.35. The van der Waals surface area contributed by atoms with E-state index in [0.29, 0.717) is 6.04 Å². The van der Waals surface area contributed by atoms with Crippen molar-refractivity contribution < 1.29 is 0 Å². The summed E-state index contributed by atoms with van der Waals surface area (Å²) in [5, 5.41) is 3.50. The fourth-order valence-electron chi connectivity index (χ4n) is 2.77. The van der Waals surface area contributed by atoms with Crippen LogP contribution in [-0.4, -0.2) is 13.1 Å². The zero-order valence-corrected chi connectivity index (χ0v) is 10.9. The Balaban J connectivity index is 2.13. The summed E-state index contributed by atoms with van der Waals surface area (Å²) in [7, 11) is 2.10. The summed E-state index contributed by atoms with van der Waals surface area (Å²) >= 11 is 0. The molecule has 0 heterocycles. The summed E-state index contributed by atoms with van der Waals surface area (Å²) in [5.74, 6) is 1.81. The number of hydrogen-bond acceptors (Lipinski definition) is 1. The minimum atomic E-state index is 0.662. The van der Waals surface area contributed by atoms with Crippen LogP contribution >= 0.6 is 0 Å². The van der Waals surface area contributed by atoms with Crippen LogP contribution in [0.5, 0.6) is 0 Å². The van der Waals surface area contributed by atoms with E-state index in [1.807, 2.05) is 0 Å². The van der Waals surface area contributed by atoms with Gasteiger partial charge in [0.05, 0.1) is 0 Å². The van der Waals surface area contributed by atoms with Crippen molar-refractivity contribution in [1.82, 2.24) is 5.32 Å². The van der Waals surface area contributed by atoms with E-state index >= 15 is 0 Å². The first kappa shape index (κ1) is 11.7. The van der Waals surface area contributed by atoms with E-state index in [1.54, 1.807) is 5.56 Å². The predicted molar refractivity (Wildman–Crippen MR) is 69.7 cm³/mol. The Bertz CT molecular complexity index is 349. The Morgan fingerprint density at radius 3 is 2.31 bits per heavy atom. The van der Waals surface area contributed by atoms with Crippen molar-refractivity contribution in [2.24, 2.45) is 11.8 Å². The third-order valence-corrected chi connectivity index (χ3v) is 4.13. The van der Waals surface area contributed by atoms with Gasteiger partial charge in [0.15, 0.2) is 0 Å². The van der Waals surface area contributed by atoms with Crippen molar-refractivity contribution in [3.63, 3.8) is 0 Å². The molecule has 1 nitrogen and oxygen atoms in total. The van der Waals surface area contributed by atoms with Gasteiger partial charge in [0.25, 0.3) is 0 Å².